The molecule has 0 bridgehead atoms. The van der Waals surface area contributed by atoms with Gasteiger partial charge in [-0.2, -0.15) is 5.10 Å². The van der Waals surface area contributed by atoms with E-state index in [0.29, 0.717) is 5.41 Å². The van der Waals surface area contributed by atoms with Crippen LogP contribution < -0.4 is 0 Å². The highest BCUT2D eigenvalue weighted by Gasteiger charge is 2.24. The van der Waals surface area contributed by atoms with Crippen LogP contribution in [0.3, 0.4) is 0 Å². The Balaban J connectivity index is 2.46. The van der Waals surface area contributed by atoms with E-state index in [1.807, 2.05) is 6.20 Å². The highest BCUT2D eigenvalue weighted by atomic mass is 15.1. The van der Waals surface area contributed by atoms with Gasteiger partial charge in [0.05, 0.1) is 0 Å². The molecule has 1 atom stereocenters. The standard InChI is InChI=1S/C13H24N2/c1-4-6-7-8-10-13(3,5-2)12-9-11-14-15-12/h9,11H,4-8,10H2,1-3H3,(H,14,15). The van der Waals surface area contributed by atoms with Gasteiger partial charge in [0.1, 0.15) is 0 Å². The number of hydrogen-bond donors (Lipinski definition) is 1. The first-order valence-corrected chi connectivity index (χ1v) is 6.23. The maximum absolute atomic E-state index is 4.06. The highest BCUT2D eigenvalue weighted by Crippen LogP contribution is 2.31. The molecule has 0 aromatic carbocycles. The van der Waals surface area contributed by atoms with Crippen LogP contribution in [-0.2, 0) is 5.41 Å². The third-order valence-electron chi connectivity index (χ3n) is 3.51. The summed E-state index contributed by atoms with van der Waals surface area (Å²) < 4.78 is 0. The molecule has 1 rings (SSSR count). The van der Waals surface area contributed by atoms with Crippen molar-refractivity contribution in [1.29, 1.82) is 0 Å². The van der Waals surface area contributed by atoms with Gasteiger partial charge < -0.3 is 0 Å². The lowest BCUT2D eigenvalue weighted by molar-refractivity contribution is 0.385. The zero-order chi connectivity index (χ0) is 11.1. The van der Waals surface area contributed by atoms with Crippen LogP contribution in [0.15, 0.2) is 12.3 Å². The van der Waals surface area contributed by atoms with Gasteiger partial charge in [0.2, 0.25) is 0 Å². The molecule has 0 spiro atoms. The first-order chi connectivity index (χ1) is 7.23. The van der Waals surface area contributed by atoms with Crippen molar-refractivity contribution in [3.05, 3.63) is 18.0 Å². The topological polar surface area (TPSA) is 28.7 Å². The Morgan fingerprint density at radius 1 is 1.27 bits per heavy atom. The van der Waals surface area contributed by atoms with Crippen LogP contribution in [0, 0.1) is 0 Å². The summed E-state index contributed by atoms with van der Waals surface area (Å²) in [6.45, 7) is 6.86. The van der Waals surface area contributed by atoms with Crippen molar-refractivity contribution in [3.8, 4) is 0 Å². The molecule has 0 aliphatic rings. The van der Waals surface area contributed by atoms with Gasteiger partial charge in [-0.25, -0.2) is 0 Å². The summed E-state index contributed by atoms with van der Waals surface area (Å²) in [5.41, 5.74) is 1.59. The lowest BCUT2D eigenvalue weighted by Crippen LogP contribution is -2.21. The van der Waals surface area contributed by atoms with Crippen molar-refractivity contribution in [2.45, 2.75) is 64.7 Å². The van der Waals surface area contributed by atoms with Crippen molar-refractivity contribution in [3.63, 3.8) is 0 Å². The second-order valence-corrected chi connectivity index (χ2v) is 4.70. The van der Waals surface area contributed by atoms with Gasteiger partial charge in [-0.05, 0) is 18.9 Å². The first kappa shape index (κ1) is 12.3. The van der Waals surface area contributed by atoms with Crippen LogP contribution in [-0.4, -0.2) is 10.2 Å². The summed E-state index contributed by atoms with van der Waals surface area (Å²) in [5, 5.41) is 7.18. The molecular formula is C13H24N2. The Morgan fingerprint density at radius 2 is 2.07 bits per heavy atom. The molecule has 0 aliphatic heterocycles. The minimum atomic E-state index is 0.296. The Morgan fingerprint density at radius 3 is 2.60 bits per heavy atom. The average molecular weight is 208 g/mol. The molecule has 86 valence electrons. The van der Waals surface area contributed by atoms with Gasteiger partial charge in [0.25, 0.3) is 0 Å². The SMILES string of the molecule is CCCCCCC(C)(CC)c1ccn[nH]1. The number of rotatable bonds is 7. The molecule has 0 aliphatic carbocycles. The molecule has 0 fully saturated rings. The normalized spacial score (nSPS) is 15.1. The molecule has 2 heteroatoms. The molecule has 1 unspecified atom stereocenters. The van der Waals surface area contributed by atoms with Crippen LogP contribution in [0.1, 0.15) is 65.0 Å². The van der Waals surface area contributed by atoms with Gasteiger partial charge in [0, 0.05) is 17.3 Å². The van der Waals surface area contributed by atoms with Gasteiger partial charge in [0.15, 0.2) is 0 Å². The summed E-state index contributed by atoms with van der Waals surface area (Å²) in [6, 6.07) is 2.11. The van der Waals surface area contributed by atoms with Gasteiger partial charge in [-0.1, -0.05) is 46.5 Å². The predicted octanol–water partition coefficient (Wildman–Crippen LogP) is 4.05. The minimum Gasteiger partial charge on any atom is -0.282 e. The Labute approximate surface area is 93.5 Å². The van der Waals surface area contributed by atoms with E-state index >= 15 is 0 Å². The first-order valence-electron chi connectivity index (χ1n) is 6.23. The largest absolute Gasteiger partial charge is 0.282 e. The molecule has 0 radical (unpaired) electrons. The molecule has 0 amide bonds. The van der Waals surface area contributed by atoms with Crippen LogP contribution in [0.25, 0.3) is 0 Å². The van der Waals surface area contributed by atoms with Crippen molar-refractivity contribution >= 4 is 0 Å². The Bertz CT molecular complexity index is 254. The number of aromatic amines is 1. The number of aromatic nitrogens is 2. The lowest BCUT2D eigenvalue weighted by Gasteiger charge is -2.26. The van der Waals surface area contributed by atoms with Crippen molar-refractivity contribution < 1.29 is 0 Å². The second kappa shape index (κ2) is 5.94. The second-order valence-electron chi connectivity index (χ2n) is 4.70. The van der Waals surface area contributed by atoms with Gasteiger partial charge in [-0.3, -0.25) is 5.10 Å². The van der Waals surface area contributed by atoms with E-state index in [1.54, 1.807) is 0 Å². The molecule has 2 nitrogen and oxygen atoms in total. The smallest absolute Gasteiger partial charge is 0.0490 e. The van der Waals surface area contributed by atoms with Crippen molar-refractivity contribution in [2.24, 2.45) is 0 Å². The summed E-state index contributed by atoms with van der Waals surface area (Å²) in [4.78, 5) is 0. The van der Waals surface area contributed by atoms with E-state index in [2.05, 4.69) is 37.0 Å². The predicted molar refractivity (Wildman–Crippen MR) is 65.0 cm³/mol. The van der Waals surface area contributed by atoms with Crippen molar-refractivity contribution in [1.82, 2.24) is 10.2 Å². The fourth-order valence-electron chi connectivity index (χ4n) is 2.04. The van der Waals surface area contributed by atoms with Gasteiger partial charge in [-0.15, -0.1) is 0 Å². The third-order valence-corrected chi connectivity index (χ3v) is 3.51. The third kappa shape index (κ3) is 3.37. The highest BCUT2D eigenvalue weighted by molar-refractivity contribution is 5.12. The number of nitrogens with zero attached hydrogens (tertiary/aromatic N) is 1. The number of hydrogen-bond acceptors (Lipinski definition) is 1. The van der Waals surface area contributed by atoms with E-state index in [1.165, 1.54) is 44.2 Å². The fourth-order valence-corrected chi connectivity index (χ4v) is 2.04. The summed E-state index contributed by atoms with van der Waals surface area (Å²) >= 11 is 0. The zero-order valence-electron chi connectivity index (χ0n) is 10.3. The Kier molecular flexibility index (Phi) is 4.86. The monoisotopic (exact) mass is 208 g/mol. The number of unbranched alkanes of at least 4 members (excludes halogenated alkanes) is 3. The summed E-state index contributed by atoms with van der Waals surface area (Å²) in [7, 11) is 0. The maximum Gasteiger partial charge on any atom is 0.0490 e. The molecule has 0 saturated carbocycles. The molecule has 1 aromatic rings. The van der Waals surface area contributed by atoms with Crippen LogP contribution in [0.2, 0.25) is 0 Å². The van der Waals surface area contributed by atoms with Gasteiger partial charge >= 0.3 is 0 Å². The lowest BCUT2D eigenvalue weighted by atomic mass is 9.79. The molecule has 1 heterocycles. The average Bonchev–Trinajstić information content (AvgIpc) is 2.78. The zero-order valence-corrected chi connectivity index (χ0v) is 10.3. The van der Waals surface area contributed by atoms with E-state index < -0.39 is 0 Å². The van der Waals surface area contributed by atoms with Crippen molar-refractivity contribution in [2.75, 3.05) is 0 Å². The molecule has 1 N–H and O–H groups in total. The summed E-state index contributed by atoms with van der Waals surface area (Å²) in [6.07, 6.45) is 9.68. The molecule has 0 saturated heterocycles. The number of nitrogens with one attached hydrogen (secondary N) is 1. The minimum absolute atomic E-state index is 0.296. The van der Waals surface area contributed by atoms with Crippen LogP contribution in [0.4, 0.5) is 0 Å². The quantitative estimate of drug-likeness (QED) is 0.673. The fraction of sp³-hybridized carbons (Fsp3) is 0.769. The van der Waals surface area contributed by atoms with E-state index in [4.69, 9.17) is 0 Å². The van der Waals surface area contributed by atoms with E-state index in [9.17, 15) is 0 Å². The van der Waals surface area contributed by atoms with E-state index in [0.717, 1.165) is 0 Å². The molecular weight excluding hydrogens is 184 g/mol. The van der Waals surface area contributed by atoms with E-state index in [-0.39, 0.29) is 0 Å². The number of H-pyrrole nitrogens is 1. The molecule has 1 aromatic heterocycles. The molecule has 15 heavy (non-hydrogen) atoms. The Hall–Kier alpha value is -0.790. The van der Waals surface area contributed by atoms with Crippen LogP contribution in [0.5, 0.6) is 0 Å². The maximum atomic E-state index is 4.06. The summed E-state index contributed by atoms with van der Waals surface area (Å²) in [5.74, 6) is 0. The van der Waals surface area contributed by atoms with Crippen LogP contribution >= 0.6 is 0 Å².